The molecule has 2 N–H and O–H groups in total. The summed E-state index contributed by atoms with van der Waals surface area (Å²) in [4.78, 5) is 11.8. The van der Waals surface area contributed by atoms with Crippen molar-refractivity contribution in [2.24, 2.45) is 0 Å². The van der Waals surface area contributed by atoms with Crippen LogP contribution in [0.2, 0.25) is 5.02 Å². The minimum Gasteiger partial charge on any atom is -0.294 e. The van der Waals surface area contributed by atoms with Crippen molar-refractivity contribution in [1.82, 2.24) is 0 Å². The topological polar surface area (TPSA) is 60.8 Å². The van der Waals surface area contributed by atoms with Gasteiger partial charge >= 0.3 is 0 Å². The maximum absolute atomic E-state index is 13.5. The van der Waals surface area contributed by atoms with E-state index < -0.39 is 17.4 Å². The standard InChI is InChI=1S/C15H12ClF2NO3/c1-7-13(16)6-12(8(2)20)14(15(7)19(21)22)9-3-10(17)5-11(18)4-9/h3-6,21-22H,1-2H3. The van der Waals surface area contributed by atoms with Crippen molar-refractivity contribution in [2.75, 3.05) is 5.23 Å². The molecule has 2 aromatic rings. The molecule has 0 radical (unpaired) electrons. The van der Waals surface area contributed by atoms with E-state index in [1.54, 1.807) is 0 Å². The van der Waals surface area contributed by atoms with Gasteiger partial charge in [0, 0.05) is 22.2 Å². The van der Waals surface area contributed by atoms with Crippen LogP contribution in [0.3, 0.4) is 0 Å². The van der Waals surface area contributed by atoms with Crippen molar-refractivity contribution in [1.29, 1.82) is 0 Å². The number of Topliss-reactive ketones (excluding diaryl/α,β-unsaturated/α-hetero) is 1. The Morgan fingerprint density at radius 1 is 1.14 bits per heavy atom. The van der Waals surface area contributed by atoms with Crippen LogP contribution in [-0.4, -0.2) is 16.2 Å². The summed E-state index contributed by atoms with van der Waals surface area (Å²) >= 11 is 5.98. The van der Waals surface area contributed by atoms with Gasteiger partial charge in [-0.05, 0) is 43.2 Å². The second kappa shape index (κ2) is 6.00. The van der Waals surface area contributed by atoms with Gasteiger partial charge < -0.3 is 0 Å². The molecule has 0 unspecified atom stereocenters. The van der Waals surface area contributed by atoms with E-state index >= 15 is 0 Å². The summed E-state index contributed by atoms with van der Waals surface area (Å²) in [5, 5.41) is 18.8. The van der Waals surface area contributed by atoms with Gasteiger partial charge in [-0.3, -0.25) is 15.2 Å². The zero-order chi connectivity index (χ0) is 16.6. The largest absolute Gasteiger partial charge is 0.294 e. The summed E-state index contributed by atoms with van der Waals surface area (Å²) in [6.07, 6.45) is 0. The van der Waals surface area contributed by atoms with E-state index in [1.807, 2.05) is 0 Å². The van der Waals surface area contributed by atoms with Gasteiger partial charge in [0.25, 0.3) is 0 Å². The van der Waals surface area contributed by atoms with Crippen LogP contribution in [0, 0.1) is 18.6 Å². The Morgan fingerprint density at radius 2 is 1.68 bits per heavy atom. The first kappa shape index (κ1) is 16.4. The lowest BCUT2D eigenvalue weighted by atomic mass is 9.93. The van der Waals surface area contributed by atoms with Crippen molar-refractivity contribution in [2.45, 2.75) is 13.8 Å². The molecule has 0 atom stereocenters. The highest BCUT2D eigenvalue weighted by Gasteiger charge is 2.23. The minimum absolute atomic E-state index is 0.00873. The van der Waals surface area contributed by atoms with Gasteiger partial charge in [-0.2, -0.15) is 0 Å². The van der Waals surface area contributed by atoms with E-state index in [-0.39, 0.29) is 38.2 Å². The van der Waals surface area contributed by atoms with Crippen LogP contribution in [0.25, 0.3) is 11.1 Å². The smallest absolute Gasteiger partial charge is 0.160 e. The fourth-order valence-electron chi connectivity index (χ4n) is 2.25. The van der Waals surface area contributed by atoms with E-state index in [0.29, 0.717) is 6.07 Å². The molecule has 2 rings (SSSR count). The van der Waals surface area contributed by atoms with Crippen molar-refractivity contribution in [3.05, 3.63) is 52.0 Å². The number of anilines is 1. The lowest BCUT2D eigenvalue weighted by Gasteiger charge is -2.20. The number of benzene rings is 2. The molecule has 7 heteroatoms. The first-order chi connectivity index (χ1) is 10.2. The van der Waals surface area contributed by atoms with Gasteiger partial charge in [-0.1, -0.05) is 11.6 Å². The maximum Gasteiger partial charge on any atom is 0.160 e. The van der Waals surface area contributed by atoms with Gasteiger partial charge in [0.1, 0.15) is 17.3 Å². The lowest BCUT2D eigenvalue weighted by Crippen LogP contribution is -2.16. The van der Waals surface area contributed by atoms with E-state index in [1.165, 1.54) is 19.9 Å². The Hall–Kier alpha value is -2.02. The third kappa shape index (κ3) is 2.94. The van der Waals surface area contributed by atoms with Gasteiger partial charge in [-0.25, -0.2) is 8.78 Å². The van der Waals surface area contributed by atoms with E-state index in [4.69, 9.17) is 11.6 Å². The molecule has 0 spiro atoms. The lowest BCUT2D eigenvalue weighted by molar-refractivity contribution is 0.0291. The molecule has 22 heavy (non-hydrogen) atoms. The highest BCUT2D eigenvalue weighted by atomic mass is 35.5. The second-order valence-electron chi connectivity index (χ2n) is 4.76. The molecule has 0 heterocycles. The van der Waals surface area contributed by atoms with E-state index in [2.05, 4.69) is 0 Å². The maximum atomic E-state index is 13.5. The van der Waals surface area contributed by atoms with Gasteiger partial charge in [-0.15, -0.1) is 5.23 Å². The number of carbonyl (C=O) groups excluding carboxylic acids is 1. The Labute approximate surface area is 130 Å². The number of carbonyl (C=O) groups is 1. The molecule has 0 fully saturated rings. The van der Waals surface area contributed by atoms with Crippen molar-refractivity contribution >= 4 is 23.1 Å². The fourth-order valence-corrected chi connectivity index (χ4v) is 2.45. The number of ketones is 1. The molecular formula is C15H12ClF2NO3. The van der Waals surface area contributed by atoms with Crippen LogP contribution in [0.15, 0.2) is 24.3 Å². The Morgan fingerprint density at radius 3 is 2.14 bits per heavy atom. The monoisotopic (exact) mass is 327 g/mol. The molecule has 2 aromatic carbocycles. The highest BCUT2D eigenvalue weighted by Crippen LogP contribution is 2.40. The van der Waals surface area contributed by atoms with E-state index in [9.17, 15) is 24.0 Å². The molecule has 4 nitrogen and oxygen atoms in total. The molecule has 0 saturated carbocycles. The highest BCUT2D eigenvalue weighted by molar-refractivity contribution is 6.32. The van der Waals surface area contributed by atoms with Crippen LogP contribution in [-0.2, 0) is 0 Å². The first-order valence-corrected chi connectivity index (χ1v) is 6.58. The zero-order valence-electron chi connectivity index (χ0n) is 11.7. The Kier molecular flexibility index (Phi) is 4.46. The quantitative estimate of drug-likeness (QED) is 0.648. The third-order valence-corrected chi connectivity index (χ3v) is 3.61. The van der Waals surface area contributed by atoms with Gasteiger partial charge in [0.2, 0.25) is 0 Å². The Bertz CT molecular complexity index is 743. The van der Waals surface area contributed by atoms with Crippen LogP contribution in [0.5, 0.6) is 0 Å². The van der Waals surface area contributed by atoms with Crippen molar-refractivity contribution in [3.8, 4) is 11.1 Å². The predicted octanol–water partition coefficient (Wildman–Crippen LogP) is 4.38. The summed E-state index contributed by atoms with van der Waals surface area (Å²) in [6.45, 7) is 2.73. The first-order valence-electron chi connectivity index (χ1n) is 6.20. The van der Waals surface area contributed by atoms with Crippen LogP contribution in [0.4, 0.5) is 14.5 Å². The summed E-state index contributed by atoms with van der Waals surface area (Å²) in [7, 11) is 0. The average Bonchev–Trinajstić information content (AvgIpc) is 2.39. The molecule has 0 aromatic heterocycles. The molecule has 0 amide bonds. The summed E-state index contributed by atoms with van der Waals surface area (Å²) < 4.78 is 26.9. The molecule has 0 aliphatic carbocycles. The van der Waals surface area contributed by atoms with E-state index in [0.717, 1.165) is 12.1 Å². The molecule has 0 bridgehead atoms. The van der Waals surface area contributed by atoms with Crippen molar-refractivity contribution < 1.29 is 24.0 Å². The van der Waals surface area contributed by atoms with Crippen LogP contribution >= 0.6 is 11.6 Å². The summed E-state index contributed by atoms with van der Waals surface area (Å²) in [5.74, 6) is -2.15. The number of hydrogen-bond donors (Lipinski definition) is 2. The zero-order valence-corrected chi connectivity index (χ0v) is 12.4. The molecular weight excluding hydrogens is 316 g/mol. The van der Waals surface area contributed by atoms with Gasteiger partial charge in [0.05, 0.1) is 0 Å². The predicted molar refractivity (Wildman–Crippen MR) is 77.6 cm³/mol. The molecule has 0 aliphatic rings. The SMILES string of the molecule is CC(=O)c1cc(Cl)c(C)c(N(O)O)c1-c1cc(F)cc(F)c1. The van der Waals surface area contributed by atoms with Crippen LogP contribution in [0.1, 0.15) is 22.8 Å². The number of hydrogen-bond acceptors (Lipinski definition) is 4. The average molecular weight is 328 g/mol. The number of nitrogens with zero attached hydrogens (tertiary/aromatic N) is 1. The summed E-state index contributed by atoms with van der Waals surface area (Å²) in [6, 6.07) is 3.98. The number of rotatable bonds is 3. The molecule has 0 aliphatic heterocycles. The molecule has 116 valence electrons. The van der Waals surface area contributed by atoms with Crippen LogP contribution < -0.4 is 5.23 Å². The number of halogens is 3. The van der Waals surface area contributed by atoms with Crippen molar-refractivity contribution in [3.63, 3.8) is 0 Å². The summed E-state index contributed by atoms with van der Waals surface area (Å²) in [5.41, 5.74) is 0.0195. The fraction of sp³-hybridized carbons (Fsp3) is 0.133. The normalized spacial score (nSPS) is 10.7. The minimum atomic E-state index is -0.856. The molecule has 0 saturated heterocycles. The Balaban J connectivity index is 2.93. The van der Waals surface area contributed by atoms with Gasteiger partial charge in [0.15, 0.2) is 5.78 Å². The third-order valence-electron chi connectivity index (χ3n) is 3.22. The second-order valence-corrected chi connectivity index (χ2v) is 5.17.